The van der Waals surface area contributed by atoms with Crippen molar-refractivity contribution in [1.82, 2.24) is 9.88 Å². The molecule has 0 radical (unpaired) electrons. The first kappa shape index (κ1) is 15.1. The summed E-state index contributed by atoms with van der Waals surface area (Å²) in [6.07, 6.45) is 5.79. The van der Waals surface area contributed by atoms with E-state index in [0.717, 1.165) is 27.8 Å². The maximum Gasteiger partial charge on any atom is 0.128 e. The third-order valence-corrected chi connectivity index (χ3v) is 3.64. The van der Waals surface area contributed by atoms with Crippen LogP contribution < -0.4 is 4.74 Å². The highest BCUT2D eigenvalue weighted by Gasteiger charge is 2.11. The molecule has 0 atom stereocenters. The summed E-state index contributed by atoms with van der Waals surface area (Å²) in [6, 6.07) is 4.13. The third-order valence-electron chi connectivity index (χ3n) is 3.64. The number of hydrogen-bond donors (Lipinski definition) is 0. The van der Waals surface area contributed by atoms with Crippen molar-refractivity contribution in [1.29, 1.82) is 0 Å². The maximum absolute atomic E-state index is 5.54. The minimum absolute atomic E-state index is 0.811. The SMILES string of the molecule is C=C/C(=C\N(C)C)c1cc2c(C)c(C)cnc2cc1OC. The minimum atomic E-state index is 0.811. The van der Waals surface area contributed by atoms with Gasteiger partial charge in [-0.1, -0.05) is 12.7 Å². The number of pyridine rings is 1. The predicted octanol–water partition coefficient (Wildman–Crippen LogP) is 3.95. The van der Waals surface area contributed by atoms with Gasteiger partial charge in [0, 0.05) is 49.1 Å². The second kappa shape index (κ2) is 6.00. The summed E-state index contributed by atoms with van der Waals surface area (Å²) in [7, 11) is 5.67. The molecule has 2 rings (SSSR count). The average Bonchev–Trinajstić information content (AvgIpc) is 2.47. The van der Waals surface area contributed by atoms with Crippen molar-refractivity contribution in [3.8, 4) is 5.75 Å². The van der Waals surface area contributed by atoms with Gasteiger partial charge < -0.3 is 9.64 Å². The quantitative estimate of drug-likeness (QED) is 0.794. The van der Waals surface area contributed by atoms with Crippen molar-refractivity contribution in [2.24, 2.45) is 0 Å². The van der Waals surface area contributed by atoms with Gasteiger partial charge in [-0.25, -0.2) is 0 Å². The van der Waals surface area contributed by atoms with Crippen LogP contribution in [0.4, 0.5) is 0 Å². The molecule has 2 aromatic rings. The summed E-state index contributed by atoms with van der Waals surface area (Å²) in [5.74, 6) is 0.811. The topological polar surface area (TPSA) is 25.4 Å². The predicted molar refractivity (Wildman–Crippen MR) is 89.6 cm³/mol. The number of nitrogens with zero attached hydrogens (tertiary/aromatic N) is 2. The molecule has 0 aliphatic heterocycles. The zero-order valence-corrected chi connectivity index (χ0v) is 13.4. The molecular formula is C18H22N2O. The van der Waals surface area contributed by atoms with Gasteiger partial charge in [-0.05, 0) is 31.0 Å². The van der Waals surface area contributed by atoms with Crippen LogP contribution in [0.2, 0.25) is 0 Å². The van der Waals surface area contributed by atoms with Gasteiger partial charge in [-0.3, -0.25) is 4.98 Å². The third kappa shape index (κ3) is 2.92. The van der Waals surface area contributed by atoms with Crippen molar-refractivity contribution in [2.75, 3.05) is 21.2 Å². The smallest absolute Gasteiger partial charge is 0.128 e. The van der Waals surface area contributed by atoms with E-state index in [-0.39, 0.29) is 0 Å². The van der Waals surface area contributed by atoms with Crippen LogP contribution in [0.25, 0.3) is 16.5 Å². The van der Waals surface area contributed by atoms with Crippen molar-refractivity contribution in [2.45, 2.75) is 13.8 Å². The first-order valence-electron chi connectivity index (χ1n) is 6.93. The highest BCUT2D eigenvalue weighted by molar-refractivity contribution is 5.91. The van der Waals surface area contributed by atoms with E-state index >= 15 is 0 Å². The Labute approximate surface area is 126 Å². The average molecular weight is 282 g/mol. The lowest BCUT2D eigenvalue weighted by atomic mass is 9.99. The van der Waals surface area contributed by atoms with Crippen molar-refractivity contribution in [3.05, 3.63) is 53.9 Å². The summed E-state index contributed by atoms with van der Waals surface area (Å²) in [5, 5.41) is 1.15. The second-order valence-electron chi connectivity index (χ2n) is 5.39. The fraction of sp³-hybridized carbons (Fsp3) is 0.278. The summed E-state index contributed by atoms with van der Waals surface area (Å²) < 4.78 is 5.54. The fourth-order valence-corrected chi connectivity index (χ4v) is 2.36. The van der Waals surface area contributed by atoms with Crippen LogP contribution in [-0.2, 0) is 0 Å². The minimum Gasteiger partial charge on any atom is -0.496 e. The zero-order chi connectivity index (χ0) is 15.6. The number of ether oxygens (including phenoxy) is 1. The van der Waals surface area contributed by atoms with Gasteiger partial charge in [0.15, 0.2) is 0 Å². The number of methoxy groups -OCH3 is 1. The molecule has 3 nitrogen and oxygen atoms in total. The molecule has 1 aromatic carbocycles. The Hall–Kier alpha value is -2.29. The van der Waals surface area contributed by atoms with Crippen LogP contribution in [0.5, 0.6) is 5.75 Å². The second-order valence-corrected chi connectivity index (χ2v) is 5.39. The number of aromatic nitrogens is 1. The summed E-state index contributed by atoms with van der Waals surface area (Å²) in [5.41, 5.74) is 5.45. The molecule has 3 heteroatoms. The van der Waals surface area contributed by atoms with E-state index in [1.54, 1.807) is 7.11 Å². The lowest BCUT2D eigenvalue weighted by molar-refractivity contribution is 0.414. The van der Waals surface area contributed by atoms with Crippen LogP contribution in [0.15, 0.2) is 37.2 Å². The largest absolute Gasteiger partial charge is 0.496 e. The Balaban J connectivity index is 2.78. The van der Waals surface area contributed by atoms with Crippen molar-refractivity contribution >= 4 is 16.5 Å². The Morgan fingerprint density at radius 3 is 2.57 bits per heavy atom. The Bertz CT molecular complexity index is 715. The van der Waals surface area contributed by atoms with E-state index in [2.05, 4.69) is 31.5 Å². The first-order chi connectivity index (χ1) is 9.97. The molecule has 21 heavy (non-hydrogen) atoms. The van der Waals surface area contributed by atoms with Gasteiger partial charge in [-0.2, -0.15) is 0 Å². The van der Waals surface area contributed by atoms with E-state index in [0.29, 0.717) is 0 Å². The van der Waals surface area contributed by atoms with Gasteiger partial charge in [0.25, 0.3) is 0 Å². The molecule has 0 unspecified atom stereocenters. The monoisotopic (exact) mass is 282 g/mol. The van der Waals surface area contributed by atoms with Gasteiger partial charge >= 0.3 is 0 Å². The molecule has 0 spiro atoms. The summed E-state index contributed by atoms with van der Waals surface area (Å²) in [6.45, 7) is 8.12. The number of allylic oxidation sites excluding steroid dienone is 2. The van der Waals surface area contributed by atoms with Crippen LogP contribution in [0.1, 0.15) is 16.7 Å². The molecule has 0 saturated heterocycles. The van der Waals surface area contributed by atoms with E-state index in [9.17, 15) is 0 Å². The van der Waals surface area contributed by atoms with Crippen LogP contribution in [0, 0.1) is 13.8 Å². The molecule has 0 bridgehead atoms. The number of aryl methyl sites for hydroxylation is 2. The standard InChI is InChI=1S/C18H22N2O/c1-7-14(11-20(4)5)16-8-15-13(3)12(2)10-19-17(15)9-18(16)21-6/h7-11H,1H2,2-6H3/b14-11+. The molecule has 0 aliphatic carbocycles. The van der Waals surface area contributed by atoms with Gasteiger partial charge in [-0.15, -0.1) is 0 Å². The molecule has 0 fully saturated rings. The number of hydrogen-bond acceptors (Lipinski definition) is 3. The number of benzene rings is 1. The molecule has 0 aliphatic rings. The highest BCUT2D eigenvalue weighted by Crippen LogP contribution is 2.33. The molecular weight excluding hydrogens is 260 g/mol. The van der Waals surface area contributed by atoms with Gasteiger partial charge in [0.05, 0.1) is 12.6 Å². The van der Waals surface area contributed by atoms with E-state index in [1.165, 1.54) is 11.1 Å². The number of rotatable bonds is 4. The maximum atomic E-state index is 5.54. The lowest BCUT2D eigenvalue weighted by Crippen LogP contribution is -2.03. The molecule has 110 valence electrons. The van der Waals surface area contributed by atoms with Crippen molar-refractivity contribution < 1.29 is 4.74 Å². The van der Waals surface area contributed by atoms with Gasteiger partial charge in [0.1, 0.15) is 5.75 Å². The van der Waals surface area contributed by atoms with E-state index < -0.39 is 0 Å². The summed E-state index contributed by atoms with van der Waals surface area (Å²) >= 11 is 0. The Morgan fingerprint density at radius 1 is 1.29 bits per heavy atom. The normalized spacial score (nSPS) is 11.6. The zero-order valence-electron chi connectivity index (χ0n) is 13.4. The molecule has 0 amide bonds. The van der Waals surface area contributed by atoms with E-state index in [4.69, 9.17) is 4.74 Å². The Morgan fingerprint density at radius 2 is 2.00 bits per heavy atom. The van der Waals surface area contributed by atoms with Crippen LogP contribution >= 0.6 is 0 Å². The molecule has 0 N–H and O–H groups in total. The number of fused-ring (bicyclic) bond motifs is 1. The van der Waals surface area contributed by atoms with Crippen LogP contribution in [0.3, 0.4) is 0 Å². The van der Waals surface area contributed by atoms with Crippen molar-refractivity contribution in [3.63, 3.8) is 0 Å². The lowest BCUT2D eigenvalue weighted by Gasteiger charge is -2.15. The first-order valence-corrected chi connectivity index (χ1v) is 6.93. The summed E-state index contributed by atoms with van der Waals surface area (Å²) in [4.78, 5) is 6.50. The molecule has 1 aromatic heterocycles. The molecule has 1 heterocycles. The molecule has 0 saturated carbocycles. The fourth-order valence-electron chi connectivity index (χ4n) is 2.36. The Kier molecular flexibility index (Phi) is 4.32. The van der Waals surface area contributed by atoms with E-state index in [1.807, 2.05) is 43.5 Å². The van der Waals surface area contributed by atoms with Gasteiger partial charge in [0.2, 0.25) is 0 Å². The van der Waals surface area contributed by atoms with Crippen LogP contribution in [-0.4, -0.2) is 31.1 Å². The highest BCUT2D eigenvalue weighted by atomic mass is 16.5.